The fourth-order valence-electron chi connectivity index (χ4n) is 1.95. The first-order valence-electron chi connectivity index (χ1n) is 6.57. The third kappa shape index (κ3) is 4.26. The van der Waals surface area contributed by atoms with Crippen molar-refractivity contribution in [1.82, 2.24) is 10.0 Å². The fourth-order valence-corrected chi connectivity index (χ4v) is 3.01. The summed E-state index contributed by atoms with van der Waals surface area (Å²) >= 11 is 0. The first-order valence-corrected chi connectivity index (χ1v) is 8.05. The molecule has 0 radical (unpaired) electrons. The number of methoxy groups -OCH3 is 1. The zero-order valence-corrected chi connectivity index (χ0v) is 13.8. The molecule has 0 saturated heterocycles. The summed E-state index contributed by atoms with van der Waals surface area (Å²) < 4.78 is 31.3. The van der Waals surface area contributed by atoms with Crippen molar-refractivity contribution in [3.63, 3.8) is 0 Å². The Hall–Kier alpha value is -1.44. The lowest BCUT2D eigenvalue weighted by atomic mass is 10.1. The molecule has 7 heteroatoms. The van der Waals surface area contributed by atoms with E-state index in [1.54, 1.807) is 27.0 Å². The van der Waals surface area contributed by atoms with Crippen molar-refractivity contribution in [1.29, 1.82) is 0 Å². The number of rotatable bonds is 6. The largest absolute Gasteiger partial charge is 0.383 e. The van der Waals surface area contributed by atoms with Crippen molar-refractivity contribution < 1.29 is 17.9 Å². The van der Waals surface area contributed by atoms with Crippen LogP contribution in [-0.2, 0) is 14.8 Å². The molecule has 1 aromatic carbocycles. The molecule has 0 spiro atoms. The summed E-state index contributed by atoms with van der Waals surface area (Å²) in [6.07, 6.45) is 0. The van der Waals surface area contributed by atoms with Crippen LogP contribution in [0.2, 0.25) is 0 Å². The normalized spacial score (nSPS) is 13.0. The van der Waals surface area contributed by atoms with Gasteiger partial charge in [-0.2, -0.15) is 0 Å². The Morgan fingerprint density at radius 1 is 1.33 bits per heavy atom. The number of carbonyl (C=O) groups is 1. The average molecular weight is 314 g/mol. The lowest BCUT2D eigenvalue weighted by Gasteiger charge is -2.15. The molecule has 6 nitrogen and oxygen atoms in total. The van der Waals surface area contributed by atoms with E-state index >= 15 is 0 Å². The molecule has 1 unspecified atom stereocenters. The summed E-state index contributed by atoms with van der Waals surface area (Å²) in [7, 11) is -0.704. The molecule has 0 aliphatic heterocycles. The monoisotopic (exact) mass is 314 g/mol. The second-order valence-corrected chi connectivity index (χ2v) is 6.81. The minimum absolute atomic E-state index is 0.120. The number of hydrogen-bond acceptors (Lipinski definition) is 4. The predicted molar refractivity (Wildman–Crippen MR) is 81.0 cm³/mol. The Bertz CT molecular complexity index is 626. The van der Waals surface area contributed by atoms with Gasteiger partial charge in [-0.15, -0.1) is 0 Å². The number of carbonyl (C=O) groups excluding carboxylic acids is 1. The molecule has 1 atom stereocenters. The Balaban J connectivity index is 3.19. The van der Waals surface area contributed by atoms with Gasteiger partial charge in [0.2, 0.25) is 10.0 Å². The van der Waals surface area contributed by atoms with Crippen molar-refractivity contribution >= 4 is 15.9 Å². The third-order valence-corrected chi connectivity index (χ3v) is 4.77. The second-order valence-electron chi connectivity index (χ2n) is 4.95. The molecule has 0 aliphatic carbocycles. The predicted octanol–water partition coefficient (Wildman–Crippen LogP) is 0.976. The van der Waals surface area contributed by atoms with Crippen molar-refractivity contribution in [2.24, 2.45) is 0 Å². The summed E-state index contributed by atoms with van der Waals surface area (Å²) in [5, 5.41) is 2.76. The third-order valence-electron chi connectivity index (χ3n) is 3.23. The molecular weight excluding hydrogens is 292 g/mol. The van der Waals surface area contributed by atoms with Crippen LogP contribution in [0.5, 0.6) is 0 Å². The number of sulfonamides is 1. The smallest absolute Gasteiger partial charge is 0.251 e. The van der Waals surface area contributed by atoms with E-state index in [2.05, 4.69) is 10.0 Å². The van der Waals surface area contributed by atoms with Gasteiger partial charge in [-0.3, -0.25) is 4.79 Å². The number of benzene rings is 1. The molecule has 0 fully saturated rings. The van der Waals surface area contributed by atoms with E-state index in [-0.39, 0.29) is 16.8 Å². The summed E-state index contributed by atoms with van der Waals surface area (Å²) in [5.41, 5.74) is 1.69. The van der Waals surface area contributed by atoms with Crippen molar-refractivity contribution in [2.45, 2.75) is 31.7 Å². The fraction of sp³-hybridized carbons (Fsp3) is 0.500. The highest BCUT2D eigenvalue weighted by molar-refractivity contribution is 7.89. The quantitative estimate of drug-likeness (QED) is 0.819. The van der Waals surface area contributed by atoms with Gasteiger partial charge in [0.15, 0.2) is 0 Å². The van der Waals surface area contributed by atoms with Crippen LogP contribution in [0.15, 0.2) is 17.0 Å². The van der Waals surface area contributed by atoms with Crippen LogP contribution < -0.4 is 10.0 Å². The molecule has 0 heterocycles. The van der Waals surface area contributed by atoms with E-state index in [1.165, 1.54) is 13.1 Å². The van der Waals surface area contributed by atoms with Crippen molar-refractivity contribution in [2.75, 3.05) is 20.8 Å². The minimum Gasteiger partial charge on any atom is -0.383 e. The number of amides is 1. The first-order chi connectivity index (χ1) is 9.72. The maximum absolute atomic E-state index is 12.2. The molecule has 1 amide bonds. The van der Waals surface area contributed by atoms with Crippen LogP contribution in [-0.4, -0.2) is 41.1 Å². The maximum atomic E-state index is 12.2. The summed E-state index contributed by atoms with van der Waals surface area (Å²) in [5.74, 6) is -0.324. The summed E-state index contributed by atoms with van der Waals surface area (Å²) in [4.78, 5) is 12.3. The molecule has 0 aliphatic rings. The lowest BCUT2D eigenvalue weighted by Crippen LogP contribution is -2.35. The van der Waals surface area contributed by atoms with Crippen LogP contribution >= 0.6 is 0 Å². The lowest BCUT2D eigenvalue weighted by molar-refractivity contribution is 0.0905. The highest BCUT2D eigenvalue weighted by atomic mass is 32.2. The van der Waals surface area contributed by atoms with E-state index in [1.807, 2.05) is 6.92 Å². The van der Waals surface area contributed by atoms with E-state index in [0.717, 1.165) is 5.56 Å². The summed E-state index contributed by atoms with van der Waals surface area (Å²) in [6.45, 7) is 5.69. The van der Waals surface area contributed by atoms with Gasteiger partial charge in [0.1, 0.15) is 0 Å². The van der Waals surface area contributed by atoms with Gasteiger partial charge < -0.3 is 10.1 Å². The van der Waals surface area contributed by atoms with Gasteiger partial charge in [-0.05, 0) is 51.1 Å². The summed E-state index contributed by atoms with van der Waals surface area (Å²) in [6, 6.07) is 2.91. The highest BCUT2D eigenvalue weighted by Gasteiger charge is 2.20. The van der Waals surface area contributed by atoms with Crippen LogP contribution in [0.25, 0.3) is 0 Å². The molecule has 1 aromatic rings. The molecule has 2 N–H and O–H groups in total. The Kier molecular flexibility index (Phi) is 5.88. The van der Waals surface area contributed by atoms with Gasteiger partial charge in [-0.25, -0.2) is 13.1 Å². The first kappa shape index (κ1) is 17.6. The minimum atomic E-state index is -3.60. The second kappa shape index (κ2) is 7.02. The van der Waals surface area contributed by atoms with Crippen LogP contribution in [0.1, 0.15) is 28.4 Å². The molecular formula is C14H22N2O4S. The average Bonchev–Trinajstić information content (AvgIpc) is 2.41. The standard InChI is InChI=1S/C14H22N2O4S/c1-9-6-12(14(17)16-10(2)8-20-5)7-13(11(9)3)21(18,19)15-4/h6-7,10,15H,8H2,1-5H3,(H,16,17). The van der Waals surface area contributed by atoms with E-state index < -0.39 is 10.0 Å². The Labute approximate surface area is 125 Å². The molecule has 118 valence electrons. The Morgan fingerprint density at radius 3 is 2.48 bits per heavy atom. The maximum Gasteiger partial charge on any atom is 0.251 e. The topological polar surface area (TPSA) is 84.5 Å². The number of ether oxygens (including phenoxy) is 1. The number of aryl methyl sites for hydroxylation is 1. The van der Waals surface area contributed by atoms with E-state index in [4.69, 9.17) is 4.74 Å². The van der Waals surface area contributed by atoms with Gasteiger partial charge in [0.25, 0.3) is 5.91 Å². The molecule has 21 heavy (non-hydrogen) atoms. The molecule has 0 saturated carbocycles. The molecule has 0 bridgehead atoms. The van der Waals surface area contributed by atoms with Gasteiger partial charge in [-0.1, -0.05) is 0 Å². The number of nitrogens with one attached hydrogen (secondary N) is 2. The Morgan fingerprint density at radius 2 is 1.95 bits per heavy atom. The van der Waals surface area contributed by atoms with Crippen LogP contribution in [0, 0.1) is 13.8 Å². The zero-order chi connectivity index (χ0) is 16.2. The van der Waals surface area contributed by atoms with Crippen LogP contribution in [0.4, 0.5) is 0 Å². The van der Waals surface area contributed by atoms with Crippen LogP contribution in [0.3, 0.4) is 0 Å². The van der Waals surface area contributed by atoms with Gasteiger partial charge in [0.05, 0.1) is 11.5 Å². The van der Waals surface area contributed by atoms with E-state index in [0.29, 0.717) is 17.7 Å². The van der Waals surface area contributed by atoms with Crippen molar-refractivity contribution in [3.8, 4) is 0 Å². The van der Waals surface area contributed by atoms with E-state index in [9.17, 15) is 13.2 Å². The van der Waals surface area contributed by atoms with Crippen molar-refractivity contribution in [3.05, 3.63) is 28.8 Å². The SMILES string of the molecule is CNS(=O)(=O)c1cc(C(=O)NC(C)COC)cc(C)c1C. The highest BCUT2D eigenvalue weighted by Crippen LogP contribution is 2.21. The van der Waals surface area contributed by atoms with Gasteiger partial charge in [0, 0.05) is 18.7 Å². The van der Waals surface area contributed by atoms with Gasteiger partial charge >= 0.3 is 0 Å². The molecule has 1 rings (SSSR count). The zero-order valence-electron chi connectivity index (χ0n) is 13.0. The number of hydrogen-bond donors (Lipinski definition) is 2. The molecule has 0 aromatic heterocycles.